The van der Waals surface area contributed by atoms with Crippen LogP contribution < -0.4 is 5.73 Å². The highest BCUT2D eigenvalue weighted by Crippen LogP contribution is 2.24. The molecule has 1 aliphatic heterocycles. The molecule has 1 fully saturated rings. The van der Waals surface area contributed by atoms with Crippen molar-refractivity contribution in [2.24, 2.45) is 5.73 Å². The maximum atomic E-state index is 12.2. The number of carbonyl (C=O) groups excluding carboxylic acids is 2. The van der Waals surface area contributed by atoms with E-state index in [1.807, 2.05) is 0 Å². The summed E-state index contributed by atoms with van der Waals surface area (Å²) >= 11 is 0. The minimum absolute atomic E-state index is 0.160. The van der Waals surface area contributed by atoms with Gasteiger partial charge in [0.25, 0.3) is 0 Å². The van der Waals surface area contributed by atoms with Gasteiger partial charge in [-0.2, -0.15) is 13.2 Å². The Labute approximate surface area is 90.6 Å². The van der Waals surface area contributed by atoms with Crippen molar-refractivity contribution in [3.63, 3.8) is 0 Å². The molecule has 4 nitrogen and oxygen atoms in total. The molecular weight excluding hydrogens is 225 g/mol. The van der Waals surface area contributed by atoms with Crippen molar-refractivity contribution in [2.45, 2.75) is 38.0 Å². The van der Waals surface area contributed by atoms with Crippen molar-refractivity contribution >= 4 is 11.7 Å². The number of carbonyl (C=O) groups is 2. The largest absolute Gasteiger partial charge is 0.412 e. The van der Waals surface area contributed by atoms with Crippen LogP contribution in [0.15, 0.2) is 0 Å². The lowest BCUT2D eigenvalue weighted by Gasteiger charge is -2.26. The Kier molecular flexibility index (Phi) is 3.57. The zero-order valence-electron chi connectivity index (χ0n) is 8.75. The second-order valence-electron chi connectivity index (χ2n) is 3.82. The van der Waals surface area contributed by atoms with Gasteiger partial charge in [-0.15, -0.1) is 0 Å². The monoisotopic (exact) mass is 238 g/mol. The van der Waals surface area contributed by atoms with E-state index in [1.54, 1.807) is 0 Å². The maximum Gasteiger partial charge on any atom is 0.412 e. The molecule has 0 bridgehead atoms. The molecule has 1 saturated heterocycles. The molecule has 0 saturated carbocycles. The van der Waals surface area contributed by atoms with E-state index < -0.39 is 24.2 Å². The fraction of sp³-hybridized carbons (Fsp3) is 0.778. The van der Waals surface area contributed by atoms with Gasteiger partial charge in [-0.3, -0.25) is 9.59 Å². The average molecular weight is 238 g/mol. The maximum absolute atomic E-state index is 12.2. The van der Waals surface area contributed by atoms with Crippen molar-refractivity contribution in [3.8, 4) is 0 Å². The number of hydrogen-bond donors (Lipinski definition) is 1. The number of alkyl halides is 3. The van der Waals surface area contributed by atoms with Gasteiger partial charge < -0.3 is 10.6 Å². The molecule has 2 N–H and O–H groups in total. The van der Waals surface area contributed by atoms with Crippen LogP contribution >= 0.6 is 0 Å². The van der Waals surface area contributed by atoms with Gasteiger partial charge in [0.05, 0.1) is 6.04 Å². The molecule has 7 heteroatoms. The number of nitrogens with zero attached hydrogens (tertiary/aromatic N) is 1. The number of Topliss-reactive ketones (excluding diaryl/α,β-unsaturated/α-hetero) is 1. The van der Waals surface area contributed by atoms with E-state index in [0.29, 0.717) is 12.8 Å². The second kappa shape index (κ2) is 4.40. The molecule has 92 valence electrons. The molecule has 0 aromatic rings. The predicted molar refractivity (Wildman–Crippen MR) is 49.4 cm³/mol. The van der Waals surface area contributed by atoms with Crippen LogP contribution in [0.25, 0.3) is 0 Å². The molecule has 2 unspecified atom stereocenters. The van der Waals surface area contributed by atoms with Gasteiger partial charge in [-0.1, -0.05) is 0 Å². The molecule has 0 aromatic carbocycles. The fourth-order valence-corrected chi connectivity index (χ4v) is 1.77. The smallest absolute Gasteiger partial charge is 0.331 e. The summed E-state index contributed by atoms with van der Waals surface area (Å²) in [6.07, 6.45) is -3.83. The molecule has 1 heterocycles. The first-order valence-electron chi connectivity index (χ1n) is 4.88. The number of hydrogen-bond acceptors (Lipinski definition) is 3. The molecule has 0 spiro atoms. The van der Waals surface area contributed by atoms with Crippen LogP contribution in [0.1, 0.15) is 19.8 Å². The van der Waals surface area contributed by atoms with Gasteiger partial charge >= 0.3 is 6.18 Å². The van der Waals surface area contributed by atoms with Crippen molar-refractivity contribution in [1.29, 1.82) is 0 Å². The quantitative estimate of drug-likeness (QED) is 0.760. The minimum atomic E-state index is -4.76. The van der Waals surface area contributed by atoms with E-state index in [4.69, 9.17) is 5.73 Å². The van der Waals surface area contributed by atoms with Gasteiger partial charge in [-0.05, 0) is 19.8 Å². The Balaban J connectivity index is 2.77. The lowest BCUT2D eigenvalue weighted by Crippen LogP contribution is -2.54. The number of likely N-dealkylation sites (tertiary alicyclic amines) is 1. The highest BCUT2D eigenvalue weighted by molar-refractivity contribution is 5.90. The first-order chi connectivity index (χ1) is 7.25. The van der Waals surface area contributed by atoms with Crippen LogP contribution in [-0.2, 0) is 9.59 Å². The van der Waals surface area contributed by atoms with Crippen LogP contribution in [0, 0.1) is 0 Å². The Morgan fingerprint density at radius 1 is 1.44 bits per heavy atom. The van der Waals surface area contributed by atoms with Crippen molar-refractivity contribution in [3.05, 3.63) is 0 Å². The van der Waals surface area contributed by atoms with E-state index in [1.165, 1.54) is 6.92 Å². The molecular formula is C9H13F3N2O2. The van der Waals surface area contributed by atoms with E-state index in [2.05, 4.69) is 0 Å². The van der Waals surface area contributed by atoms with E-state index in [-0.39, 0.29) is 12.3 Å². The van der Waals surface area contributed by atoms with Gasteiger partial charge in [0.15, 0.2) is 11.8 Å². The van der Waals surface area contributed by atoms with Gasteiger partial charge in [0.1, 0.15) is 0 Å². The molecule has 1 aliphatic rings. The predicted octanol–water partition coefficient (Wildman–Crippen LogP) is 0.456. The standard InChI is InChI=1S/C9H13F3N2O2/c1-5(15)6-3-2-4-14(6)8(16)7(13)9(10,11)12/h6-7H,2-4,13H2,1H3. The fourth-order valence-electron chi connectivity index (χ4n) is 1.77. The Bertz CT molecular complexity index is 304. The Morgan fingerprint density at radius 3 is 2.44 bits per heavy atom. The van der Waals surface area contributed by atoms with Gasteiger partial charge in [0, 0.05) is 6.54 Å². The summed E-state index contributed by atoms with van der Waals surface area (Å²) in [5.41, 5.74) is 4.81. The van der Waals surface area contributed by atoms with E-state index in [0.717, 1.165) is 4.90 Å². The molecule has 1 rings (SSSR count). The SMILES string of the molecule is CC(=O)C1CCCN1C(=O)C(N)C(F)(F)F. The van der Waals surface area contributed by atoms with Crippen LogP contribution in [0.4, 0.5) is 13.2 Å². The number of nitrogens with two attached hydrogens (primary N) is 1. The molecule has 2 atom stereocenters. The molecule has 1 amide bonds. The number of rotatable bonds is 2. The molecule has 0 radical (unpaired) electrons. The molecule has 0 aromatic heterocycles. The van der Waals surface area contributed by atoms with Crippen molar-refractivity contribution in [2.75, 3.05) is 6.54 Å². The second-order valence-corrected chi connectivity index (χ2v) is 3.82. The van der Waals surface area contributed by atoms with Gasteiger partial charge in [-0.25, -0.2) is 0 Å². The highest BCUT2D eigenvalue weighted by Gasteiger charge is 2.46. The van der Waals surface area contributed by atoms with Crippen LogP contribution in [0.3, 0.4) is 0 Å². The third-order valence-electron chi connectivity index (χ3n) is 2.62. The van der Waals surface area contributed by atoms with E-state index in [9.17, 15) is 22.8 Å². The summed E-state index contributed by atoms with van der Waals surface area (Å²) in [4.78, 5) is 23.5. The zero-order valence-corrected chi connectivity index (χ0v) is 8.75. The highest BCUT2D eigenvalue weighted by atomic mass is 19.4. The summed E-state index contributed by atoms with van der Waals surface area (Å²) in [5, 5.41) is 0. The summed E-state index contributed by atoms with van der Waals surface area (Å²) in [6, 6.07) is -3.28. The van der Waals surface area contributed by atoms with Crippen molar-refractivity contribution < 1.29 is 22.8 Å². The summed E-state index contributed by atoms with van der Waals surface area (Å²) in [6.45, 7) is 1.42. The van der Waals surface area contributed by atoms with Crippen LogP contribution in [-0.4, -0.2) is 41.4 Å². The van der Waals surface area contributed by atoms with Gasteiger partial charge in [0.2, 0.25) is 5.91 Å². The molecule has 16 heavy (non-hydrogen) atoms. The summed E-state index contributed by atoms with van der Waals surface area (Å²) in [7, 11) is 0. The average Bonchev–Trinajstić information content (AvgIpc) is 2.62. The molecule has 0 aliphatic carbocycles. The topological polar surface area (TPSA) is 63.4 Å². The lowest BCUT2D eigenvalue weighted by atomic mass is 10.1. The lowest BCUT2D eigenvalue weighted by molar-refractivity contribution is -0.171. The minimum Gasteiger partial charge on any atom is -0.331 e. The number of ketones is 1. The van der Waals surface area contributed by atoms with E-state index >= 15 is 0 Å². The normalized spacial score (nSPS) is 23.3. The summed E-state index contributed by atoms with van der Waals surface area (Å²) in [5.74, 6) is -1.52. The van der Waals surface area contributed by atoms with Crippen LogP contribution in [0.2, 0.25) is 0 Å². The first-order valence-corrected chi connectivity index (χ1v) is 4.88. The first kappa shape index (κ1) is 13.0. The zero-order chi connectivity index (χ0) is 12.5. The number of amides is 1. The van der Waals surface area contributed by atoms with Crippen LogP contribution in [0.5, 0.6) is 0 Å². The summed E-state index contributed by atoms with van der Waals surface area (Å²) < 4.78 is 36.7. The van der Waals surface area contributed by atoms with Crippen molar-refractivity contribution in [1.82, 2.24) is 4.90 Å². The third-order valence-corrected chi connectivity index (χ3v) is 2.62. The number of halogens is 3. The third kappa shape index (κ3) is 2.52. The Hall–Kier alpha value is -1.11. The Morgan fingerprint density at radius 2 is 2.00 bits per heavy atom.